The van der Waals surface area contributed by atoms with Crippen LogP contribution in [0.4, 0.5) is 0 Å². The Kier molecular flexibility index (Phi) is 7.53. The minimum Gasteiger partial charge on any atom is -0.494 e. The van der Waals surface area contributed by atoms with E-state index < -0.39 is 0 Å². The summed E-state index contributed by atoms with van der Waals surface area (Å²) in [7, 11) is 1.72. The molecule has 1 aromatic carbocycles. The van der Waals surface area contributed by atoms with Gasteiger partial charge in [-0.15, -0.1) is 0 Å². The van der Waals surface area contributed by atoms with Crippen LogP contribution >= 0.6 is 0 Å². The molecular weight excluding hydrogens is 238 g/mol. The van der Waals surface area contributed by atoms with Crippen LogP contribution in [0.1, 0.15) is 32.8 Å². The number of rotatable bonds is 9. The van der Waals surface area contributed by atoms with Gasteiger partial charge in [0.1, 0.15) is 5.75 Å². The van der Waals surface area contributed by atoms with E-state index in [4.69, 9.17) is 9.47 Å². The fourth-order valence-electron chi connectivity index (χ4n) is 1.72. The number of hydrogen-bond donors (Lipinski definition) is 1. The van der Waals surface area contributed by atoms with Gasteiger partial charge in [-0.3, -0.25) is 0 Å². The van der Waals surface area contributed by atoms with Crippen molar-refractivity contribution in [2.45, 2.75) is 39.8 Å². The maximum Gasteiger partial charge on any atom is 0.119 e. The average molecular weight is 265 g/mol. The van der Waals surface area contributed by atoms with E-state index >= 15 is 0 Å². The normalized spacial score (nSPS) is 12.7. The van der Waals surface area contributed by atoms with Gasteiger partial charge in [-0.25, -0.2) is 0 Å². The van der Waals surface area contributed by atoms with Gasteiger partial charge in [-0.05, 0) is 37.0 Å². The summed E-state index contributed by atoms with van der Waals surface area (Å²) >= 11 is 0. The minimum atomic E-state index is 0.368. The molecule has 1 N–H and O–H groups in total. The lowest BCUT2D eigenvalue weighted by Gasteiger charge is -2.13. The Labute approximate surface area is 117 Å². The molecule has 0 aromatic heterocycles. The zero-order valence-corrected chi connectivity index (χ0v) is 12.6. The highest BCUT2D eigenvalue weighted by atomic mass is 16.5. The van der Waals surface area contributed by atoms with Crippen LogP contribution in [-0.2, 0) is 11.3 Å². The van der Waals surface area contributed by atoms with Crippen molar-refractivity contribution in [1.29, 1.82) is 0 Å². The number of ether oxygens (including phenoxy) is 2. The molecule has 0 spiro atoms. The lowest BCUT2D eigenvalue weighted by molar-refractivity contribution is 0.171. The van der Waals surface area contributed by atoms with E-state index in [0.29, 0.717) is 12.0 Å². The summed E-state index contributed by atoms with van der Waals surface area (Å²) in [5.41, 5.74) is 1.26. The van der Waals surface area contributed by atoms with Gasteiger partial charge in [0.25, 0.3) is 0 Å². The molecule has 0 bridgehead atoms. The number of methoxy groups -OCH3 is 1. The molecule has 1 atom stereocenters. The van der Waals surface area contributed by atoms with Crippen LogP contribution in [0.15, 0.2) is 24.3 Å². The molecule has 0 aliphatic carbocycles. The highest BCUT2D eigenvalue weighted by molar-refractivity contribution is 5.27. The molecule has 0 fully saturated rings. The van der Waals surface area contributed by atoms with E-state index in [1.807, 2.05) is 12.1 Å². The number of nitrogens with one attached hydrogen (secondary N) is 1. The Hall–Kier alpha value is -1.06. The molecule has 0 saturated heterocycles. The SMILES string of the molecule is COCC(C)NCc1ccc(OCCC(C)C)cc1. The van der Waals surface area contributed by atoms with E-state index in [2.05, 4.69) is 38.2 Å². The summed E-state index contributed by atoms with van der Waals surface area (Å²) in [5.74, 6) is 1.64. The molecule has 1 aromatic rings. The first-order chi connectivity index (χ1) is 9.11. The third-order valence-electron chi connectivity index (χ3n) is 2.96. The Bertz CT molecular complexity index is 335. The molecule has 0 saturated carbocycles. The van der Waals surface area contributed by atoms with Crippen molar-refractivity contribution in [3.05, 3.63) is 29.8 Å². The Morgan fingerprint density at radius 1 is 1.11 bits per heavy atom. The molecule has 3 heteroatoms. The van der Waals surface area contributed by atoms with Crippen LogP contribution in [0, 0.1) is 5.92 Å². The van der Waals surface area contributed by atoms with Crippen molar-refractivity contribution < 1.29 is 9.47 Å². The summed E-state index contributed by atoms with van der Waals surface area (Å²) in [4.78, 5) is 0. The van der Waals surface area contributed by atoms with Gasteiger partial charge >= 0.3 is 0 Å². The van der Waals surface area contributed by atoms with E-state index in [9.17, 15) is 0 Å². The maximum absolute atomic E-state index is 5.70. The first-order valence-electron chi connectivity index (χ1n) is 7.06. The molecule has 0 aliphatic heterocycles. The Balaban J connectivity index is 2.30. The lowest BCUT2D eigenvalue weighted by Crippen LogP contribution is -2.29. The molecule has 0 amide bonds. The topological polar surface area (TPSA) is 30.5 Å². The summed E-state index contributed by atoms with van der Waals surface area (Å²) in [6.07, 6.45) is 1.10. The van der Waals surface area contributed by atoms with Crippen LogP contribution in [0.25, 0.3) is 0 Å². The second-order valence-electron chi connectivity index (χ2n) is 5.41. The lowest BCUT2D eigenvalue weighted by atomic mass is 10.1. The van der Waals surface area contributed by atoms with Crippen LogP contribution in [0.5, 0.6) is 5.75 Å². The summed E-state index contributed by atoms with van der Waals surface area (Å²) in [6, 6.07) is 8.66. The van der Waals surface area contributed by atoms with Crippen LogP contribution in [0.2, 0.25) is 0 Å². The molecule has 3 nitrogen and oxygen atoms in total. The Morgan fingerprint density at radius 3 is 2.37 bits per heavy atom. The van der Waals surface area contributed by atoms with Gasteiger partial charge in [0.15, 0.2) is 0 Å². The van der Waals surface area contributed by atoms with Gasteiger partial charge < -0.3 is 14.8 Å². The van der Waals surface area contributed by atoms with Gasteiger partial charge in [0.05, 0.1) is 13.2 Å². The molecule has 0 heterocycles. The highest BCUT2D eigenvalue weighted by Crippen LogP contribution is 2.13. The highest BCUT2D eigenvalue weighted by Gasteiger charge is 2.01. The van der Waals surface area contributed by atoms with Crippen molar-refractivity contribution in [2.24, 2.45) is 5.92 Å². The predicted octanol–water partition coefficient (Wildman–Crippen LogP) is 3.24. The fraction of sp³-hybridized carbons (Fsp3) is 0.625. The summed E-state index contributed by atoms with van der Waals surface area (Å²) in [5, 5.41) is 3.41. The molecule has 1 unspecified atom stereocenters. The first kappa shape index (κ1) is 16.0. The second kappa shape index (κ2) is 8.94. The maximum atomic E-state index is 5.70. The molecular formula is C16H27NO2. The molecule has 108 valence electrons. The van der Waals surface area contributed by atoms with Crippen molar-refractivity contribution in [3.8, 4) is 5.75 Å². The van der Waals surface area contributed by atoms with Gasteiger partial charge in [-0.1, -0.05) is 26.0 Å². The van der Waals surface area contributed by atoms with Crippen LogP contribution in [0.3, 0.4) is 0 Å². The standard InChI is InChI=1S/C16H27NO2/c1-13(2)9-10-19-16-7-5-15(6-8-16)11-17-14(3)12-18-4/h5-8,13-14,17H,9-12H2,1-4H3. The predicted molar refractivity (Wildman–Crippen MR) is 79.6 cm³/mol. The third kappa shape index (κ3) is 7.19. The van der Waals surface area contributed by atoms with Crippen molar-refractivity contribution in [1.82, 2.24) is 5.32 Å². The van der Waals surface area contributed by atoms with E-state index in [-0.39, 0.29) is 0 Å². The third-order valence-corrected chi connectivity index (χ3v) is 2.96. The zero-order valence-electron chi connectivity index (χ0n) is 12.6. The molecule has 19 heavy (non-hydrogen) atoms. The van der Waals surface area contributed by atoms with Crippen LogP contribution < -0.4 is 10.1 Å². The Morgan fingerprint density at radius 2 is 1.79 bits per heavy atom. The van der Waals surface area contributed by atoms with Crippen molar-refractivity contribution >= 4 is 0 Å². The zero-order chi connectivity index (χ0) is 14.1. The number of benzene rings is 1. The molecule has 1 rings (SSSR count). The number of hydrogen-bond acceptors (Lipinski definition) is 3. The quantitative estimate of drug-likeness (QED) is 0.743. The van der Waals surface area contributed by atoms with Gasteiger partial charge in [0.2, 0.25) is 0 Å². The van der Waals surface area contributed by atoms with Crippen molar-refractivity contribution in [2.75, 3.05) is 20.3 Å². The van der Waals surface area contributed by atoms with Crippen molar-refractivity contribution in [3.63, 3.8) is 0 Å². The first-order valence-corrected chi connectivity index (χ1v) is 7.06. The van der Waals surface area contributed by atoms with E-state index in [0.717, 1.165) is 31.9 Å². The second-order valence-corrected chi connectivity index (χ2v) is 5.41. The van der Waals surface area contributed by atoms with Gasteiger partial charge in [-0.2, -0.15) is 0 Å². The molecule has 0 radical (unpaired) electrons. The fourth-order valence-corrected chi connectivity index (χ4v) is 1.72. The monoisotopic (exact) mass is 265 g/mol. The largest absolute Gasteiger partial charge is 0.494 e. The average Bonchev–Trinajstić information content (AvgIpc) is 2.38. The van der Waals surface area contributed by atoms with E-state index in [1.54, 1.807) is 7.11 Å². The summed E-state index contributed by atoms with van der Waals surface area (Å²) < 4.78 is 10.8. The summed E-state index contributed by atoms with van der Waals surface area (Å²) in [6.45, 7) is 8.92. The smallest absolute Gasteiger partial charge is 0.119 e. The molecule has 0 aliphatic rings. The minimum absolute atomic E-state index is 0.368. The van der Waals surface area contributed by atoms with Crippen LogP contribution in [-0.4, -0.2) is 26.4 Å². The van der Waals surface area contributed by atoms with E-state index in [1.165, 1.54) is 5.56 Å². The van der Waals surface area contributed by atoms with Gasteiger partial charge in [0, 0.05) is 19.7 Å².